The third kappa shape index (κ3) is 8.39. The summed E-state index contributed by atoms with van der Waals surface area (Å²) in [5, 5.41) is 16.4. The lowest BCUT2D eigenvalue weighted by molar-refractivity contribution is -0.142. The van der Waals surface area contributed by atoms with Gasteiger partial charge < -0.3 is 14.9 Å². The van der Waals surface area contributed by atoms with Crippen molar-refractivity contribution in [1.29, 1.82) is 0 Å². The molecule has 13 heavy (non-hydrogen) atoms. The number of carbonyl (C=O) groups excluding carboxylic acids is 1. The zero-order chi connectivity index (χ0) is 10.1. The lowest BCUT2D eigenvalue weighted by Crippen LogP contribution is -2.05. The molecule has 74 valence electrons. The van der Waals surface area contributed by atoms with Gasteiger partial charge in [-0.05, 0) is 12.5 Å². The zero-order valence-corrected chi connectivity index (χ0v) is 7.10. The largest absolute Gasteiger partial charge is 0.516 e. The van der Waals surface area contributed by atoms with Gasteiger partial charge in [-0.15, -0.1) is 0 Å². The van der Waals surface area contributed by atoms with Crippen molar-refractivity contribution in [2.24, 2.45) is 0 Å². The average Bonchev–Trinajstić information content (AvgIpc) is 2.04. The van der Waals surface area contributed by atoms with Crippen LogP contribution in [-0.2, 0) is 14.3 Å². The molecule has 0 fully saturated rings. The van der Waals surface area contributed by atoms with E-state index in [-0.39, 0.29) is 25.9 Å². The van der Waals surface area contributed by atoms with E-state index < -0.39 is 11.9 Å². The van der Waals surface area contributed by atoms with Crippen LogP contribution in [-0.4, -0.2) is 28.8 Å². The second-order valence-electron chi connectivity index (χ2n) is 2.32. The van der Waals surface area contributed by atoms with Gasteiger partial charge in [0.05, 0.1) is 6.26 Å². The molecule has 0 rings (SSSR count). The number of carboxylic acids is 1. The minimum atomic E-state index is -0.928. The minimum Gasteiger partial charge on any atom is -0.516 e. The van der Waals surface area contributed by atoms with Crippen LogP contribution < -0.4 is 0 Å². The van der Waals surface area contributed by atoms with Crippen molar-refractivity contribution in [3.8, 4) is 0 Å². The molecular weight excluding hydrogens is 176 g/mol. The zero-order valence-electron chi connectivity index (χ0n) is 7.10. The summed E-state index contributed by atoms with van der Waals surface area (Å²) in [6.07, 6.45) is 2.38. The highest BCUT2D eigenvalue weighted by molar-refractivity contribution is 5.71. The van der Waals surface area contributed by atoms with Crippen LogP contribution in [0.15, 0.2) is 12.3 Å². The summed E-state index contributed by atoms with van der Waals surface area (Å²) in [5.41, 5.74) is 0. The van der Waals surface area contributed by atoms with Gasteiger partial charge in [-0.1, -0.05) is 0 Å². The fourth-order valence-electron chi connectivity index (χ4n) is 0.640. The number of aliphatic hydroxyl groups is 1. The Kier molecular flexibility index (Phi) is 6.31. The summed E-state index contributed by atoms with van der Waals surface area (Å²) in [6.45, 7) is 0.0163. The number of carbonyl (C=O) groups is 2. The second-order valence-corrected chi connectivity index (χ2v) is 2.32. The molecule has 0 aromatic carbocycles. The van der Waals surface area contributed by atoms with Crippen LogP contribution in [0.1, 0.15) is 19.3 Å². The fraction of sp³-hybridized carbons (Fsp3) is 0.500. The monoisotopic (exact) mass is 188 g/mol. The van der Waals surface area contributed by atoms with Crippen LogP contribution in [0.5, 0.6) is 0 Å². The molecule has 0 aliphatic heterocycles. The predicted octanol–water partition coefficient (Wildman–Crippen LogP) is 0.856. The molecule has 0 aliphatic carbocycles. The Labute approximate surface area is 75.6 Å². The molecule has 0 heterocycles. The van der Waals surface area contributed by atoms with E-state index in [0.29, 0.717) is 0 Å². The van der Waals surface area contributed by atoms with Crippen LogP contribution in [0, 0.1) is 0 Å². The van der Waals surface area contributed by atoms with Crippen molar-refractivity contribution in [3.63, 3.8) is 0 Å². The van der Waals surface area contributed by atoms with E-state index in [9.17, 15) is 9.59 Å². The van der Waals surface area contributed by atoms with Crippen molar-refractivity contribution in [2.75, 3.05) is 6.61 Å². The third-order valence-corrected chi connectivity index (χ3v) is 1.22. The number of aliphatic hydroxyl groups excluding tert-OH is 1. The Morgan fingerprint density at radius 2 is 2.00 bits per heavy atom. The number of esters is 1. The smallest absolute Gasteiger partial charge is 0.306 e. The van der Waals surface area contributed by atoms with Gasteiger partial charge in [-0.2, -0.15) is 0 Å². The van der Waals surface area contributed by atoms with Gasteiger partial charge in [0.25, 0.3) is 0 Å². The number of carboxylic acid groups (broad SMARTS) is 1. The maximum Gasteiger partial charge on any atom is 0.306 e. The summed E-state index contributed by atoms with van der Waals surface area (Å²) in [4.78, 5) is 20.8. The van der Waals surface area contributed by atoms with E-state index in [2.05, 4.69) is 4.74 Å². The molecule has 0 bridgehead atoms. The molecule has 0 radical (unpaired) electrons. The molecule has 0 atom stereocenters. The highest BCUT2D eigenvalue weighted by Gasteiger charge is 2.03. The van der Waals surface area contributed by atoms with E-state index >= 15 is 0 Å². The molecule has 0 saturated carbocycles. The maximum atomic E-state index is 10.8. The Hall–Kier alpha value is -1.52. The molecule has 5 heteroatoms. The summed E-state index contributed by atoms with van der Waals surface area (Å²) in [6, 6.07) is 0. The van der Waals surface area contributed by atoms with Crippen molar-refractivity contribution < 1.29 is 24.5 Å². The fourth-order valence-corrected chi connectivity index (χ4v) is 0.640. The maximum absolute atomic E-state index is 10.8. The van der Waals surface area contributed by atoms with E-state index in [1.54, 1.807) is 0 Å². The lowest BCUT2D eigenvalue weighted by atomic mass is 10.2. The topological polar surface area (TPSA) is 83.8 Å². The highest BCUT2D eigenvalue weighted by Crippen LogP contribution is 1.97. The lowest BCUT2D eigenvalue weighted by Gasteiger charge is -1.99. The Morgan fingerprint density at radius 3 is 2.54 bits per heavy atom. The molecule has 5 nitrogen and oxygen atoms in total. The first-order valence-corrected chi connectivity index (χ1v) is 3.83. The molecule has 0 aromatic rings. The van der Waals surface area contributed by atoms with Crippen LogP contribution in [0.3, 0.4) is 0 Å². The van der Waals surface area contributed by atoms with Crippen LogP contribution in [0.25, 0.3) is 0 Å². The molecule has 0 aromatic heterocycles. The molecule has 0 unspecified atom stereocenters. The summed E-state index contributed by atoms with van der Waals surface area (Å²) < 4.78 is 4.59. The SMILES string of the molecule is O=C(O)CCCC(=O)OCC=CO. The first-order valence-electron chi connectivity index (χ1n) is 3.83. The van der Waals surface area contributed by atoms with Gasteiger partial charge >= 0.3 is 11.9 Å². The van der Waals surface area contributed by atoms with E-state index in [1.807, 2.05) is 0 Å². The Bertz CT molecular complexity index is 197. The summed E-state index contributed by atoms with van der Waals surface area (Å²) in [5.74, 6) is -1.39. The van der Waals surface area contributed by atoms with Crippen molar-refractivity contribution in [2.45, 2.75) is 19.3 Å². The van der Waals surface area contributed by atoms with Gasteiger partial charge in [0.1, 0.15) is 6.61 Å². The molecule has 0 saturated heterocycles. The highest BCUT2D eigenvalue weighted by atomic mass is 16.5. The van der Waals surface area contributed by atoms with E-state index in [1.165, 1.54) is 6.08 Å². The summed E-state index contributed by atoms with van der Waals surface area (Å²) >= 11 is 0. The summed E-state index contributed by atoms with van der Waals surface area (Å²) in [7, 11) is 0. The van der Waals surface area contributed by atoms with Gasteiger partial charge in [0.2, 0.25) is 0 Å². The normalized spacial score (nSPS) is 10.2. The molecule has 2 N–H and O–H groups in total. The van der Waals surface area contributed by atoms with Gasteiger partial charge in [-0.25, -0.2) is 0 Å². The van der Waals surface area contributed by atoms with Gasteiger partial charge in [0.15, 0.2) is 0 Å². The molecular formula is C8H12O5. The number of ether oxygens (including phenoxy) is 1. The third-order valence-electron chi connectivity index (χ3n) is 1.22. The predicted molar refractivity (Wildman–Crippen MR) is 44.2 cm³/mol. The molecule has 0 spiro atoms. The number of hydrogen-bond acceptors (Lipinski definition) is 4. The van der Waals surface area contributed by atoms with Crippen LogP contribution in [0.4, 0.5) is 0 Å². The van der Waals surface area contributed by atoms with Crippen molar-refractivity contribution in [1.82, 2.24) is 0 Å². The van der Waals surface area contributed by atoms with Crippen LogP contribution in [0.2, 0.25) is 0 Å². The Balaban J connectivity index is 3.35. The second kappa shape index (κ2) is 7.15. The number of rotatable bonds is 6. The molecule has 0 aliphatic rings. The average molecular weight is 188 g/mol. The number of aliphatic carboxylic acids is 1. The van der Waals surface area contributed by atoms with Gasteiger partial charge in [-0.3, -0.25) is 9.59 Å². The van der Waals surface area contributed by atoms with Crippen LogP contribution >= 0.6 is 0 Å². The first kappa shape index (κ1) is 11.5. The van der Waals surface area contributed by atoms with E-state index in [4.69, 9.17) is 10.2 Å². The van der Waals surface area contributed by atoms with Gasteiger partial charge in [0, 0.05) is 12.8 Å². The minimum absolute atomic E-state index is 0.0163. The standard InChI is InChI=1S/C8H12O5/c9-5-2-6-13-8(12)4-1-3-7(10)11/h2,5,9H,1,3-4,6H2,(H,10,11). The molecule has 0 amide bonds. The number of hydrogen-bond donors (Lipinski definition) is 2. The quantitative estimate of drug-likeness (QED) is 0.477. The van der Waals surface area contributed by atoms with E-state index in [0.717, 1.165) is 6.26 Å². The Morgan fingerprint density at radius 1 is 1.31 bits per heavy atom. The van der Waals surface area contributed by atoms with Crippen molar-refractivity contribution in [3.05, 3.63) is 12.3 Å². The first-order chi connectivity index (χ1) is 6.16. The van der Waals surface area contributed by atoms with Crippen molar-refractivity contribution >= 4 is 11.9 Å².